The second-order valence-corrected chi connectivity index (χ2v) is 8.87. The molecule has 0 atom stereocenters. The van der Waals surface area contributed by atoms with Crippen LogP contribution in [0.4, 0.5) is 11.4 Å². The number of nitro groups is 1. The first kappa shape index (κ1) is 21.8. The van der Waals surface area contributed by atoms with Crippen LogP contribution in [0.15, 0.2) is 47.4 Å². The minimum atomic E-state index is -3.80. The molecule has 0 bridgehead atoms. The number of hydrogen-bond donors (Lipinski definition) is 2. The molecule has 0 aliphatic heterocycles. The van der Waals surface area contributed by atoms with Crippen LogP contribution >= 0.6 is 0 Å². The van der Waals surface area contributed by atoms with Gasteiger partial charge in [-0.25, -0.2) is 13.1 Å². The predicted octanol–water partition coefficient (Wildman–Crippen LogP) is 0.962. The van der Waals surface area contributed by atoms with E-state index in [0.717, 1.165) is 22.1 Å². The Bertz CT molecular complexity index is 927. The summed E-state index contributed by atoms with van der Waals surface area (Å²) >= 11 is 0. The monoisotopic (exact) mass is 407 g/mol. The zero-order chi connectivity index (χ0) is 20.9. The summed E-state index contributed by atoms with van der Waals surface area (Å²) in [6.07, 6.45) is 0. The van der Waals surface area contributed by atoms with Gasteiger partial charge in [0.05, 0.1) is 37.0 Å². The smallest absolute Gasteiger partial charge is 0.293 e. The van der Waals surface area contributed by atoms with E-state index in [9.17, 15) is 18.5 Å². The van der Waals surface area contributed by atoms with Crippen molar-refractivity contribution in [2.24, 2.45) is 0 Å². The molecule has 152 valence electrons. The number of anilines is 1. The first-order chi connectivity index (χ1) is 13.1. The van der Waals surface area contributed by atoms with Gasteiger partial charge in [0.1, 0.15) is 5.69 Å². The minimum absolute atomic E-state index is 0.111. The molecule has 0 saturated carbocycles. The molecular formula is C19H27N4O4S+. The lowest BCUT2D eigenvalue weighted by Crippen LogP contribution is -3.06. The van der Waals surface area contributed by atoms with Crippen molar-refractivity contribution in [1.29, 1.82) is 0 Å². The van der Waals surface area contributed by atoms with Crippen LogP contribution in [0.5, 0.6) is 0 Å². The number of nitrogens with one attached hydrogen (secondary N) is 2. The summed E-state index contributed by atoms with van der Waals surface area (Å²) in [6.45, 7) is 3.33. The van der Waals surface area contributed by atoms with Crippen LogP contribution in [0.3, 0.4) is 0 Å². The lowest BCUT2D eigenvalue weighted by molar-refractivity contribution is -0.856. The van der Waals surface area contributed by atoms with Crippen LogP contribution < -0.4 is 14.5 Å². The highest BCUT2D eigenvalue weighted by Gasteiger charge is 2.23. The third-order valence-electron chi connectivity index (χ3n) is 4.32. The highest BCUT2D eigenvalue weighted by molar-refractivity contribution is 7.89. The van der Waals surface area contributed by atoms with E-state index in [4.69, 9.17) is 0 Å². The van der Waals surface area contributed by atoms with Crippen molar-refractivity contribution in [1.82, 2.24) is 4.72 Å². The molecule has 28 heavy (non-hydrogen) atoms. The van der Waals surface area contributed by atoms with Crippen LogP contribution in [-0.2, 0) is 16.6 Å². The van der Waals surface area contributed by atoms with Gasteiger partial charge < -0.3 is 9.80 Å². The molecule has 0 radical (unpaired) electrons. The van der Waals surface area contributed by atoms with Crippen molar-refractivity contribution in [3.05, 3.63) is 63.7 Å². The largest absolute Gasteiger partial charge is 0.365 e. The van der Waals surface area contributed by atoms with Gasteiger partial charge in [-0.15, -0.1) is 0 Å². The van der Waals surface area contributed by atoms with Crippen molar-refractivity contribution >= 4 is 21.4 Å². The third-order valence-corrected chi connectivity index (χ3v) is 5.78. The van der Waals surface area contributed by atoms with Crippen molar-refractivity contribution in [3.8, 4) is 0 Å². The first-order valence-corrected chi connectivity index (χ1v) is 10.4. The van der Waals surface area contributed by atoms with Crippen LogP contribution in [0.25, 0.3) is 0 Å². The van der Waals surface area contributed by atoms with Crippen LogP contribution in [0.1, 0.15) is 11.1 Å². The van der Waals surface area contributed by atoms with Crippen LogP contribution in [0.2, 0.25) is 0 Å². The number of aryl methyl sites for hydroxylation is 1. The zero-order valence-corrected chi connectivity index (χ0v) is 17.4. The molecule has 0 amide bonds. The fourth-order valence-corrected chi connectivity index (χ4v) is 3.76. The third kappa shape index (κ3) is 5.75. The number of nitro benzene ring substituents is 1. The zero-order valence-electron chi connectivity index (χ0n) is 16.6. The fourth-order valence-electron chi connectivity index (χ4n) is 2.71. The van der Waals surface area contributed by atoms with Gasteiger partial charge in [-0.2, -0.15) is 0 Å². The van der Waals surface area contributed by atoms with Gasteiger partial charge in [0, 0.05) is 19.7 Å². The number of rotatable bonds is 9. The Morgan fingerprint density at radius 2 is 1.79 bits per heavy atom. The maximum Gasteiger partial charge on any atom is 0.293 e. The molecule has 0 aliphatic rings. The van der Waals surface area contributed by atoms with E-state index >= 15 is 0 Å². The molecule has 2 aromatic rings. The lowest BCUT2D eigenvalue weighted by atomic mass is 10.1. The van der Waals surface area contributed by atoms with E-state index in [1.807, 2.05) is 45.3 Å². The Labute approximate surface area is 166 Å². The van der Waals surface area contributed by atoms with Crippen molar-refractivity contribution < 1.29 is 18.2 Å². The quantitative estimate of drug-likeness (QED) is 0.477. The molecule has 9 heteroatoms. The number of likely N-dealkylation sites (N-methyl/N-ethyl adjacent to an activating group) is 1. The normalized spacial score (nSPS) is 11.6. The highest BCUT2D eigenvalue weighted by Crippen LogP contribution is 2.31. The molecule has 0 fully saturated rings. The Kier molecular flexibility index (Phi) is 7.11. The Hall–Kier alpha value is -2.49. The molecule has 0 aromatic heterocycles. The summed E-state index contributed by atoms with van der Waals surface area (Å²) in [5, 5.41) is 11.6. The summed E-state index contributed by atoms with van der Waals surface area (Å²) in [5.41, 5.74) is 2.26. The lowest BCUT2D eigenvalue weighted by Gasteiger charge is -2.20. The summed E-state index contributed by atoms with van der Waals surface area (Å²) in [5.74, 6) is 0. The summed E-state index contributed by atoms with van der Waals surface area (Å²) in [4.78, 5) is 13.7. The molecular weight excluding hydrogens is 380 g/mol. The molecule has 0 unspecified atom stereocenters. The highest BCUT2D eigenvalue weighted by atomic mass is 32.2. The molecule has 0 heterocycles. The van der Waals surface area contributed by atoms with Gasteiger partial charge >= 0.3 is 0 Å². The second kappa shape index (κ2) is 9.13. The van der Waals surface area contributed by atoms with Gasteiger partial charge in [-0.3, -0.25) is 10.1 Å². The molecule has 0 aliphatic carbocycles. The Morgan fingerprint density at radius 3 is 2.36 bits per heavy atom. The van der Waals surface area contributed by atoms with Crippen molar-refractivity contribution in [2.75, 3.05) is 39.1 Å². The van der Waals surface area contributed by atoms with Gasteiger partial charge in [0.2, 0.25) is 10.0 Å². The predicted molar refractivity (Wildman–Crippen MR) is 109 cm³/mol. The molecule has 0 saturated heterocycles. The minimum Gasteiger partial charge on any atom is -0.365 e. The molecule has 2 aromatic carbocycles. The average molecular weight is 408 g/mol. The van der Waals surface area contributed by atoms with E-state index in [0.29, 0.717) is 18.8 Å². The van der Waals surface area contributed by atoms with Gasteiger partial charge in [0.25, 0.3) is 5.69 Å². The van der Waals surface area contributed by atoms with E-state index < -0.39 is 14.9 Å². The number of sulfonamides is 1. The molecule has 8 nitrogen and oxygen atoms in total. The first-order valence-electron chi connectivity index (χ1n) is 8.94. The van der Waals surface area contributed by atoms with E-state index in [-0.39, 0.29) is 17.1 Å². The maximum absolute atomic E-state index is 12.4. The SMILES string of the molecule is Cc1ccc(CN(C)c2ccc(S(=O)(=O)NCC[NH+](C)C)cc2[N+](=O)[O-])cc1. The standard InChI is InChI=1S/C19H26N4O4S/c1-15-5-7-16(8-6-15)14-22(4)18-10-9-17(13-19(18)23(24)25)28(26,27)20-11-12-21(2)3/h5-10,13,20H,11-12,14H2,1-4H3/p+1. The van der Waals surface area contributed by atoms with Crippen LogP contribution in [-0.4, -0.2) is 47.6 Å². The molecule has 0 spiro atoms. The van der Waals surface area contributed by atoms with Crippen molar-refractivity contribution in [3.63, 3.8) is 0 Å². The average Bonchev–Trinajstić information content (AvgIpc) is 2.62. The van der Waals surface area contributed by atoms with Crippen molar-refractivity contribution in [2.45, 2.75) is 18.4 Å². The molecule has 2 N–H and O–H groups in total. The number of quaternary nitrogens is 1. The van der Waals surface area contributed by atoms with Gasteiger partial charge in [-0.1, -0.05) is 29.8 Å². The number of nitrogens with zero attached hydrogens (tertiary/aromatic N) is 2. The summed E-state index contributed by atoms with van der Waals surface area (Å²) in [6, 6.07) is 11.9. The van der Waals surface area contributed by atoms with Gasteiger partial charge in [-0.05, 0) is 24.6 Å². The topological polar surface area (TPSA) is 97.0 Å². The Morgan fingerprint density at radius 1 is 1.14 bits per heavy atom. The summed E-state index contributed by atoms with van der Waals surface area (Å²) < 4.78 is 27.4. The maximum atomic E-state index is 12.4. The number of benzene rings is 2. The van der Waals surface area contributed by atoms with E-state index in [1.54, 1.807) is 11.9 Å². The summed E-state index contributed by atoms with van der Waals surface area (Å²) in [7, 11) is 1.77. The van der Waals surface area contributed by atoms with Crippen LogP contribution in [0, 0.1) is 17.0 Å². The number of hydrogen-bond acceptors (Lipinski definition) is 5. The van der Waals surface area contributed by atoms with E-state index in [2.05, 4.69) is 4.72 Å². The molecule has 2 rings (SSSR count). The fraction of sp³-hybridized carbons (Fsp3) is 0.368. The second-order valence-electron chi connectivity index (χ2n) is 7.10. The van der Waals surface area contributed by atoms with Gasteiger partial charge in [0.15, 0.2) is 0 Å². The van der Waals surface area contributed by atoms with E-state index in [1.165, 1.54) is 12.1 Å². The Balaban J connectivity index is 2.26.